The van der Waals surface area contributed by atoms with E-state index in [1.165, 1.54) is 5.56 Å². The number of Topliss-reactive ketones (excluding diaryl/α,β-unsaturated/α-hetero) is 1. The van der Waals surface area contributed by atoms with E-state index in [0.717, 1.165) is 53.8 Å². The molecule has 1 N–H and O–H groups in total. The predicted octanol–water partition coefficient (Wildman–Crippen LogP) is 5.55. The summed E-state index contributed by atoms with van der Waals surface area (Å²) in [6, 6.07) is 21.8. The molecule has 0 radical (unpaired) electrons. The Morgan fingerprint density at radius 2 is 1.65 bits per heavy atom. The van der Waals surface area contributed by atoms with Crippen molar-refractivity contribution in [2.75, 3.05) is 0 Å². The molecule has 5 heteroatoms. The van der Waals surface area contributed by atoms with E-state index in [9.17, 15) is 9.90 Å². The number of ketones is 1. The number of carbonyl (C=O) groups is 1. The van der Waals surface area contributed by atoms with E-state index in [2.05, 4.69) is 22.8 Å². The maximum Gasteiger partial charge on any atom is 0.134 e. The molecule has 0 unspecified atom stereocenters. The van der Waals surface area contributed by atoms with Crippen molar-refractivity contribution < 1.29 is 9.90 Å². The minimum Gasteiger partial charge on any atom is -0.506 e. The highest BCUT2D eigenvalue weighted by atomic mass is 35.5. The van der Waals surface area contributed by atoms with E-state index < -0.39 is 0 Å². The lowest BCUT2D eigenvalue weighted by atomic mass is 10.1. The van der Waals surface area contributed by atoms with Crippen LogP contribution in [-0.2, 0) is 37.0 Å². The Morgan fingerprint density at radius 3 is 2.39 bits per heavy atom. The fraction of sp³-hybridized carbons (Fsp3) is 0.231. The van der Waals surface area contributed by atoms with Crippen molar-refractivity contribution in [3.63, 3.8) is 0 Å². The van der Waals surface area contributed by atoms with Crippen molar-refractivity contribution in [3.8, 4) is 5.75 Å². The minimum atomic E-state index is 0.104. The number of carbonyl (C=O) groups excluding carboxylic acids is 1. The summed E-state index contributed by atoms with van der Waals surface area (Å²) >= 11 is 6.06. The van der Waals surface area contributed by atoms with Crippen LogP contribution in [0.3, 0.4) is 0 Å². The first-order chi connectivity index (χ1) is 15.0. The Morgan fingerprint density at radius 1 is 0.935 bits per heavy atom. The summed E-state index contributed by atoms with van der Waals surface area (Å²) in [5.74, 6) is 1.32. The van der Waals surface area contributed by atoms with E-state index in [1.807, 2.05) is 42.5 Å². The maximum atomic E-state index is 11.3. The smallest absolute Gasteiger partial charge is 0.134 e. The van der Waals surface area contributed by atoms with E-state index in [1.54, 1.807) is 13.0 Å². The van der Waals surface area contributed by atoms with E-state index in [4.69, 9.17) is 16.6 Å². The van der Waals surface area contributed by atoms with Gasteiger partial charge in [0.2, 0.25) is 0 Å². The lowest BCUT2D eigenvalue weighted by molar-refractivity contribution is -0.116. The summed E-state index contributed by atoms with van der Waals surface area (Å²) < 4.78 is 2.29. The topological polar surface area (TPSA) is 55.1 Å². The van der Waals surface area contributed by atoms with Gasteiger partial charge in [-0.25, -0.2) is 4.98 Å². The number of benzene rings is 3. The van der Waals surface area contributed by atoms with Gasteiger partial charge in [-0.15, -0.1) is 0 Å². The summed E-state index contributed by atoms with van der Waals surface area (Å²) in [6.07, 6.45) is 2.95. The van der Waals surface area contributed by atoms with Gasteiger partial charge in [-0.2, -0.15) is 0 Å². The van der Waals surface area contributed by atoms with Gasteiger partial charge in [-0.3, -0.25) is 4.79 Å². The van der Waals surface area contributed by atoms with E-state index in [-0.39, 0.29) is 11.5 Å². The number of phenols is 1. The maximum absolute atomic E-state index is 11.3. The Bertz CT molecular complexity index is 1210. The number of para-hydroxylation sites is 2. The largest absolute Gasteiger partial charge is 0.506 e. The molecule has 4 nitrogen and oxygen atoms in total. The monoisotopic (exact) mass is 432 g/mol. The fourth-order valence-electron chi connectivity index (χ4n) is 3.88. The number of halogens is 1. The predicted molar refractivity (Wildman–Crippen MR) is 125 cm³/mol. The van der Waals surface area contributed by atoms with Gasteiger partial charge < -0.3 is 9.67 Å². The molecule has 4 aromatic rings. The molecule has 4 rings (SSSR count). The molecular weight excluding hydrogens is 408 g/mol. The number of phenolic OH excluding ortho intramolecular Hbond substituents is 1. The first-order valence-corrected chi connectivity index (χ1v) is 10.9. The summed E-state index contributed by atoms with van der Waals surface area (Å²) in [4.78, 5) is 16.2. The van der Waals surface area contributed by atoms with Gasteiger partial charge in [0, 0.05) is 19.4 Å². The van der Waals surface area contributed by atoms with Gasteiger partial charge in [0.25, 0.3) is 0 Å². The minimum absolute atomic E-state index is 0.104. The van der Waals surface area contributed by atoms with Crippen LogP contribution >= 0.6 is 11.6 Å². The van der Waals surface area contributed by atoms with Crippen LogP contribution in [0.25, 0.3) is 11.0 Å². The van der Waals surface area contributed by atoms with Gasteiger partial charge in [0.1, 0.15) is 17.4 Å². The number of hydrogen-bond acceptors (Lipinski definition) is 3. The Kier molecular flexibility index (Phi) is 6.38. The van der Waals surface area contributed by atoms with Crippen LogP contribution in [0.2, 0.25) is 5.02 Å². The number of imidazole rings is 1. The number of nitrogens with zero attached hydrogens (tertiary/aromatic N) is 2. The average molecular weight is 433 g/mol. The van der Waals surface area contributed by atoms with E-state index in [0.29, 0.717) is 11.4 Å². The first-order valence-electron chi connectivity index (χ1n) is 10.5. The molecule has 3 aromatic carbocycles. The zero-order valence-corrected chi connectivity index (χ0v) is 18.3. The van der Waals surface area contributed by atoms with Gasteiger partial charge in [-0.1, -0.05) is 54.1 Å². The third-order valence-electron chi connectivity index (χ3n) is 5.48. The molecule has 158 valence electrons. The third-order valence-corrected chi connectivity index (χ3v) is 5.79. The van der Waals surface area contributed by atoms with Crippen LogP contribution in [0, 0.1) is 0 Å². The van der Waals surface area contributed by atoms with Crippen molar-refractivity contribution in [1.82, 2.24) is 9.55 Å². The Labute approximate surface area is 187 Å². The van der Waals surface area contributed by atoms with Crippen LogP contribution in [-0.4, -0.2) is 20.4 Å². The number of aromatic hydroxyl groups is 1. The number of hydrogen-bond donors (Lipinski definition) is 1. The fourth-order valence-corrected chi connectivity index (χ4v) is 4.08. The van der Waals surface area contributed by atoms with Crippen molar-refractivity contribution in [1.29, 1.82) is 0 Å². The molecule has 0 bridgehead atoms. The van der Waals surface area contributed by atoms with Gasteiger partial charge in [-0.05, 0) is 60.7 Å². The molecule has 0 aliphatic heterocycles. The molecule has 1 heterocycles. The summed E-state index contributed by atoms with van der Waals surface area (Å²) in [5.41, 5.74) is 5.49. The molecule has 0 aliphatic carbocycles. The number of aromatic nitrogens is 2. The number of fused-ring (bicyclic) bond motifs is 1. The lowest BCUT2D eigenvalue weighted by Crippen LogP contribution is -2.08. The third kappa shape index (κ3) is 5.15. The molecule has 0 amide bonds. The van der Waals surface area contributed by atoms with Crippen LogP contribution in [0.5, 0.6) is 5.75 Å². The zero-order valence-electron chi connectivity index (χ0n) is 17.5. The second-order valence-electron chi connectivity index (χ2n) is 7.90. The summed E-state index contributed by atoms with van der Waals surface area (Å²) in [5, 5.41) is 10.0. The molecular formula is C26H25ClN2O2. The Hall–Kier alpha value is -3.11. The molecule has 31 heavy (non-hydrogen) atoms. The lowest BCUT2D eigenvalue weighted by Gasteiger charge is -2.10. The van der Waals surface area contributed by atoms with Crippen LogP contribution in [0.4, 0.5) is 0 Å². The summed E-state index contributed by atoms with van der Waals surface area (Å²) in [7, 11) is 0. The van der Waals surface area contributed by atoms with E-state index >= 15 is 0 Å². The molecule has 0 fully saturated rings. The highest BCUT2D eigenvalue weighted by molar-refractivity contribution is 6.32. The second-order valence-corrected chi connectivity index (χ2v) is 8.31. The van der Waals surface area contributed by atoms with Gasteiger partial charge >= 0.3 is 0 Å². The highest BCUT2D eigenvalue weighted by Crippen LogP contribution is 2.25. The number of rotatable bonds is 8. The molecule has 0 atom stereocenters. The SMILES string of the molecule is CC(=O)Cc1ccc(CCn2c(CCc3ccc(O)c(Cl)c3)nc3ccccc32)cc1. The van der Waals surface area contributed by atoms with Crippen molar-refractivity contribution in [2.45, 2.75) is 39.2 Å². The first kappa shape index (κ1) is 21.1. The normalized spacial score (nSPS) is 11.2. The Balaban J connectivity index is 1.52. The van der Waals surface area contributed by atoms with Gasteiger partial charge in [0.15, 0.2) is 0 Å². The standard InChI is InChI=1S/C26H25ClN2O2/c1-18(30)16-20-8-6-19(7-9-20)14-15-29-24-5-3-2-4-23(24)28-26(29)13-11-21-10-12-25(31)22(27)17-21/h2-10,12,17,31H,11,13-16H2,1H3. The average Bonchev–Trinajstić information content (AvgIpc) is 3.11. The molecule has 1 aromatic heterocycles. The van der Waals surface area contributed by atoms with Gasteiger partial charge in [0.05, 0.1) is 16.1 Å². The van der Waals surface area contributed by atoms with Crippen molar-refractivity contribution in [3.05, 3.63) is 94.3 Å². The van der Waals surface area contributed by atoms with Crippen molar-refractivity contribution >= 4 is 28.4 Å². The zero-order chi connectivity index (χ0) is 21.8. The second kappa shape index (κ2) is 9.36. The van der Waals surface area contributed by atoms with Crippen LogP contribution < -0.4 is 0 Å². The molecule has 0 aliphatic rings. The molecule has 0 saturated heterocycles. The summed E-state index contributed by atoms with van der Waals surface area (Å²) in [6.45, 7) is 2.45. The highest BCUT2D eigenvalue weighted by Gasteiger charge is 2.11. The molecule has 0 saturated carbocycles. The van der Waals surface area contributed by atoms with Crippen LogP contribution in [0.1, 0.15) is 29.4 Å². The van der Waals surface area contributed by atoms with Crippen LogP contribution in [0.15, 0.2) is 66.7 Å². The quantitative estimate of drug-likeness (QED) is 0.397. The number of aryl methyl sites for hydroxylation is 4. The van der Waals surface area contributed by atoms with Crippen molar-refractivity contribution in [2.24, 2.45) is 0 Å². The molecule has 0 spiro atoms.